The Morgan fingerprint density at radius 1 is 1.27 bits per heavy atom. The predicted octanol–water partition coefficient (Wildman–Crippen LogP) is 1.62. The molecule has 9 heteroatoms. The van der Waals surface area contributed by atoms with Crippen LogP contribution in [-0.4, -0.2) is 81.3 Å². The second kappa shape index (κ2) is 9.61. The minimum absolute atomic E-state index is 0.0198. The molecular formula is C21H29FN6O2. The van der Waals surface area contributed by atoms with Gasteiger partial charge in [0.1, 0.15) is 17.7 Å². The molecule has 30 heavy (non-hydrogen) atoms. The van der Waals surface area contributed by atoms with E-state index < -0.39 is 6.04 Å². The first-order valence-corrected chi connectivity index (χ1v) is 10.7. The molecule has 8 nitrogen and oxygen atoms in total. The number of hydrogen-bond acceptors (Lipinski definition) is 6. The third kappa shape index (κ3) is 5.02. The number of hydrogen-bond donors (Lipinski definition) is 0. The van der Waals surface area contributed by atoms with Gasteiger partial charge in [0.2, 0.25) is 5.91 Å². The quantitative estimate of drug-likeness (QED) is 0.712. The highest BCUT2D eigenvalue weighted by Crippen LogP contribution is 2.20. The monoisotopic (exact) mass is 416 g/mol. The van der Waals surface area contributed by atoms with E-state index in [0.29, 0.717) is 31.4 Å². The average molecular weight is 417 g/mol. The molecule has 2 aliphatic rings. The minimum Gasteiger partial charge on any atom is -0.377 e. The van der Waals surface area contributed by atoms with Gasteiger partial charge in [-0.3, -0.25) is 9.69 Å². The summed E-state index contributed by atoms with van der Waals surface area (Å²) in [6.45, 7) is 6.71. The van der Waals surface area contributed by atoms with Crippen molar-refractivity contribution in [2.75, 3.05) is 39.3 Å². The molecule has 0 N–H and O–H groups in total. The van der Waals surface area contributed by atoms with Crippen LogP contribution in [0.15, 0.2) is 24.3 Å². The largest absolute Gasteiger partial charge is 0.377 e. The van der Waals surface area contributed by atoms with Crippen molar-refractivity contribution in [1.29, 1.82) is 0 Å². The molecule has 4 rings (SSSR count). The molecule has 2 aromatic rings. The van der Waals surface area contributed by atoms with E-state index in [0.717, 1.165) is 51.1 Å². The van der Waals surface area contributed by atoms with Gasteiger partial charge in [0, 0.05) is 39.2 Å². The number of aryl methyl sites for hydroxylation is 1. The van der Waals surface area contributed by atoms with E-state index in [1.807, 2.05) is 11.0 Å². The zero-order valence-electron chi connectivity index (χ0n) is 17.4. The Hall–Kier alpha value is -2.39. The van der Waals surface area contributed by atoms with E-state index >= 15 is 0 Å². The second-order valence-electron chi connectivity index (χ2n) is 8.13. The zero-order valence-corrected chi connectivity index (χ0v) is 17.4. The van der Waals surface area contributed by atoms with Crippen LogP contribution in [-0.2, 0) is 16.0 Å². The van der Waals surface area contributed by atoms with Gasteiger partial charge in [-0.15, -0.1) is 5.10 Å². The van der Waals surface area contributed by atoms with Gasteiger partial charge in [0.05, 0.1) is 6.10 Å². The SMILES string of the molecule is Cc1nnnn1C(Cc1cccc(F)c1)C(=O)N1CCCN(CC2CCCO2)CC1. The van der Waals surface area contributed by atoms with E-state index in [2.05, 4.69) is 20.4 Å². The van der Waals surface area contributed by atoms with Gasteiger partial charge >= 0.3 is 0 Å². The van der Waals surface area contributed by atoms with Crippen molar-refractivity contribution in [2.24, 2.45) is 0 Å². The fraction of sp³-hybridized carbons (Fsp3) is 0.619. The van der Waals surface area contributed by atoms with Crippen molar-refractivity contribution in [3.8, 4) is 0 Å². The number of benzene rings is 1. The average Bonchev–Trinajstić information content (AvgIpc) is 3.33. The fourth-order valence-corrected chi connectivity index (χ4v) is 4.35. The molecule has 1 aromatic carbocycles. The minimum atomic E-state index is -0.591. The fourth-order valence-electron chi connectivity index (χ4n) is 4.35. The molecular weight excluding hydrogens is 387 g/mol. The molecule has 0 aliphatic carbocycles. The molecule has 0 bridgehead atoms. The maximum Gasteiger partial charge on any atom is 0.247 e. The van der Waals surface area contributed by atoms with Crippen LogP contribution in [0.4, 0.5) is 4.39 Å². The smallest absolute Gasteiger partial charge is 0.247 e. The number of tetrazole rings is 1. The number of carbonyl (C=O) groups excluding carboxylic acids is 1. The second-order valence-corrected chi connectivity index (χ2v) is 8.13. The van der Waals surface area contributed by atoms with E-state index in [-0.39, 0.29) is 11.7 Å². The van der Waals surface area contributed by atoms with Gasteiger partial charge < -0.3 is 9.64 Å². The van der Waals surface area contributed by atoms with Crippen molar-refractivity contribution in [2.45, 2.75) is 44.8 Å². The first kappa shape index (κ1) is 20.9. The molecule has 0 saturated carbocycles. The highest BCUT2D eigenvalue weighted by Gasteiger charge is 2.30. The molecule has 0 radical (unpaired) electrons. The molecule has 162 valence electrons. The highest BCUT2D eigenvalue weighted by atomic mass is 19.1. The summed E-state index contributed by atoms with van der Waals surface area (Å²) in [7, 11) is 0. The summed E-state index contributed by atoms with van der Waals surface area (Å²) in [6, 6.07) is 5.76. The maximum absolute atomic E-state index is 13.7. The summed E-state index contributed by atoms with van der Waals surface area (Å²) < 4.78 is 21.0. The van der Waals surface area contributed by atoms with E-state index in [1.165, 1.54) is 12.1 Å². The molecule has 2 atom stereocenters. The Balaban J connectivity index is 1.46. The van der Waals surface area contributed by atoms with Gasteiger partial charge in [-0.2, -0.15) is 0 Å². The van der Waals surface area contributed by atoms with Crippen LogP contribution in [0.25, 0.3) is 0 Å². The Labute approximate surface area is 176 Å². The molecule has 2 saturated heterocycles. The molecule has 2 unspecified atom stereocenters. The molecule has 0 spiro atoms. The molecule has 1 amide bonds. The molecule has 2 fully saturated rings. The van der Waals surface area contributed by atoms with Crippen molar-refractivity contribution >= 4 is 5.91 Å². The molecule has 2 aliphatic heterocycles. The number of halogens is 1. The molecule has 3 heterocycles. The number of amides is 1. The lowest BCUT2D eigenvalue weighted by atomic mass is 10.0. The summed E-state index contributed by atoms with van der Waals surface area (Å²) in [5, 5.41) is 11.7. The van der Waals surface area contributed by atoms with E-state index in [4.69, 9.17) is 4.74 Å². The van der Waals surface area contributed by atoms with Crippen LogP contribution < -0.4 is 0 Å². The van der Waals surface area contributed by atoms with Gasteiger partial charge in [-0.1, -0.05) is 12.1 Å². The van der Waals surface area contributed by atoms with Crippen LogP contribution in [0.5, 0.6) is 0 Å². The first-order chi connectivity index (χ1) is 14.6. The van der Waals surface area contributed by atoms with Crippen molar-refractivity contribution in [1.82, 2.24) is 30.0 Å². The Kier molecular flexibility index (Phi) is 6.69. The van der Waals surface area contributed by atoms with E-state index in [9.17, 15) is 9.18 Å². The lowest BCUT2D eigenvalue weighted by molar-refractivity contribution is -0.135. The van der Waals surface area contributed by atoms with Gasteiger partial charge in [-0.05, 0) is 60.9 Å². The number of ether oxygens (including phenoxy) is 1. The summed E-state index contributed by atoms with van der Waals surface area (Å²) >= 11 is 0. The lowest BCUT2D eigenvalue weighted by Gasteiger charge is -2.27. The zero-order chi connectivity index (χ0) is 20.9. The maximum atomic E-state index is 13.7. The Morgan fingerprint density at radius 3 is 2.90 bits per heavy atom. The van der Waals surface area contributed by atoms with Crippen molar-refractivity contribution in [3.05, 3.63) is 41.5 Å². The van der Waals surface area contributed by atoms with Crippen molar-refractivity contribution < 1.29 is 13.9 Å². The third-order valence-electron chi connectivity index (χ3n) is 5.94. The topological polar surface area (TPSA) is 76.4 Å². The first-order valence-electron chi connectivity index (χ1n) is 10.7. The Bertz CT molecular complexity index is 854. The normalized spacial score (nSPS) is 21.5. The number of aromatic nitrogens is 4. The number of rotatable bonds is 6. The van der Waals surface area contributed by atoms with Crippen LogP contribution in [0, 0.1) is 12.7 Å². The number of nitrogens with zero attached hydrogens (tertiary/aromatic N) is 6. The van der Waals surface area contributed by atoms with Gasteiger partial charge in [-0.25, -0.2) is 9.07 Å². The van der Waals surface area contributed by atoms with Crippen LogP contribution in [0.3, 0.4) is 0 Å². The summed E-state index contributed by atoms with van der Waals surface area (Å²) in [5.41, 5.74) is 0.748. The summed E-state index contributed by atoms with van der Waals surface area (Å²) in [4.78, 5) is 17.8. The van der Waals surface area contributed by atoms with Crippen LogP contribution >= 0.6 is 0 Å². The standard InChI is InChI=1S/C21H29FN6O2/c1-16-23-24-25-28(16)20(14-17-5-2-6-18(22)13-17)21(29)27-9-4-8-26(10-11-27)15-19-7-3-12-30-19/h2,5-6,13,19-20H,3-4,7-12,14-15H2,1H3. The van der Waals surface area contributed by atoms with Crippen LogP contribution in [0.2, 0.25) is 0 Å². The third-order valence-corrected chi connectivity index (χ3v) is 5.94. The van der Waals surface area contributed by atoms with Gasteiger partial charge in [0.25, 0.3) is 0 Å². The summed E-state index contributed by atoms with van der Waals surface area (Å²) in [5.74, 6) is 0.236. The van der Waals surface area contributed by atoms with Crippen LogP contribution in [0.1, 0.15) is 36.7 Å². The Morgan fingerprint density at radius 2 is 2.17 bits per heavy atom. The number of carbonyl (C=O) groups is 1. The summed E-state index contributed by atoms with van der Waals surface area (Å²) in [6.07, 6.45) is 3.83. The van der Waals surface area contributed by atoms with Gasteiger partial charge in [0.15, 0.2) is 0 Å². The predicted molar refractivity (Wildman–Crippen MR) is 108 cm³/mol. The lowest BCUT2D eigenvalue weighted by Crippen LogP contribution is -2.41. The van der Waals surface area contributed by atoms with E-state index in [1.54, 1.807) is 17.7 Å². The molecule has 1 aromatic heterocycles. The highest BCUT2D eigenvalue weighted by molar-refractivity contribution is 5.80. The van der Waals surface area contributed by atoms with Crippen molar-refractivity contribution in [3.63, 3.8) is 0 Å².